The van der Waals surface area contributed by atoms with Gasteiger partial charge in [0, 0.05) is 53.9 Å². The highest BCUT2D eigenvalue weighted by molar-refractivity contribution is 6.02. The minimum Gasteiger partial charge on any atom is -0.340 e. The van der Waals surface area contributed by atoms with Crippen molar-refractivity contribution in [1.82, 2.24) is 14.5 Å². The van der Waals surface area contributed by atoms with E-state index in [0.29, 0.717) is 5.56 Å². The molecule has 0 bridgehead atoms. The molecule has 1 atom stereocenters. The first-order valence-corrected chi connectivity index (χ1v) is 12.5. The average molecular weight is 482 g/mol. The van der Waals surface area contributed by atoms with Crippen molar-refractivity contribution >= 4 is 10.9 Å². The summed E-state index contributed by atoms with van der Waals surface area (Å²) in [5.41, 5.74) is 14.2. The fourth-order valence-corrected chi connectivity index (χ4v) is 5.37. The third kappa shape index (κ3) is 4.30. The minimum atomic E-state index is -0.521. The Morgan fingerprint density at radius 3 is 2.53 bits per heavy atom. The van der Waals surface area contributed by atoms with Gasteiger partial charge in [0.1, 0.15) is 11.9 Å². The van der Waals surface area contributed by atoms with Crippen LogP contribution in [-0.4, -0.2) is 33.6 Å². The highest BCUT2D eigenvalue weighted by Gasteiger charge is 2.24. The lowest BCUT2D eigenvalue weighted by Crippen LogP contribution is -2.27. The second-order valence-corrected chi connectivity index (χ2v) is 10.3. The smallest absolute Gasteiger partial charge is 0.141 e. The first kappa shape index (κ1) is 24.2. The Labute approximate surface area is 212 Å². The number of fused-ring (bicyclic) bond motifs is 1. The molecule has 1 aliphatic heterocycles. The third-order valence-electron chi connectivity index (χ3n) is 7.35. The maximum absolute atomic E-state index is 14.8. The summed E-state index contributed by atoms with van der Waals surface area (Å²) in [5.74, 6) is -0.521. The highest BCUT2D eigenvalue weighted by atomic mass is 19.1. The van der Waals surface area contributed by atoms with E-state index in [1.54, 1.807) is 6.07 Å². The van der Waals surface area contributed by atoms with Crippen LogP contribution < -0.4 is 5.73 Å². The van der Waals surface area contributed by atoms with E-state index in [4.69, 9.17) is 10.7 Å². The molecule has 1 saturated heterocycles. The summed E-state index contributed by atoms with van der Waals surface area (Å²) in [5, 5.41) is 10.3. The van der Waals surface area contributed by atoms with Crippen molar-refractivity contribution in [2.45, 2.75) is 52.7 Å². The number of nitrogens with two attached hydrogens (primary N) is 1. The number of aromatic nitrogens is 2. The van der Waals surface area contributed by atoms with Crippen molar-refractivity contribution in [1.29, 1.82) is 5.26 Å². The zero-order valence-electron chi connectivity index (χ0n) is 21.3. The van der Waals surface area contributed by atoms with E-state index in [1.807, 2.05) is 18.3 Å². The SMILES string of the molecule is Cc1ccc(-c2ncc3c(cc(CN4CC[C@H](N)C4)n3C(C)C)c2-c2ccc(C#N)c(F)c2)cc1C. The number of hydrogen-bond donors (Lipinski definition) is 1. The van der Waals surface area contributed by atoms with E-state index in [-0.39, 0.29) is 17.6 Å². The molecule has 2 N–H and O–H groups in total. The Bertz CT molecular complexity index is 1490. The number of nitrogens with zero attached hydrogens (tertiary/aromatic N) is 4. The molecule has 184 valence electrons. The molecule has 5 rings (SSSR count). The second kappa shape index (κ2) is 9.50. The van der Waals surface area contributed by atoms with Crippen LogP contribution in [0.4, 0.5) is 4.39 Å². The molecule has 5 nitrogen and oxygen atoms in total. The Kier molecular flexibility index (Phi) is 6.38. The lowest BCUT2D eigenvalue weighted by Gasteiger charge is -2.20. The third-order valence-corrected chi connectivity index (χ3v) is 7.35. The van der Waals surface area contributed by atoms with Crippen molar-refractivity contribution in [2.24, 2.45) is 5.73 Å². The molecule has 0 saturated carbocycles. The number of hydrogen-bond acceptors (Lipinski definition) is 4. The number of benzene rings is 2. The molecule has 6 heteroatoms. The van der Waals surface area contributed by atoms with E-state index >= 15 is 0 Å². The molecule has 0 unspecified atom stereocenters. The van der Waals surface area contributed by atoms with Crippen LogP contribution in [0.3, 0.4) is 0 Å². The van der Waals surface area contributed by atoms with Crippen molar-refractivity contribution in [2.75, 3.05) is 13.1 Å². The Hall–Kier alpha value is -3.53. The summed E-state index contributed by atoms with van der Waals surface area (Å²) in [6, 6.07) is 15.8. The van der Waals surface area contributed by atoms with E-state index in [0.717, 1.165) is 53.8 Å². The number of rotatable bonds is 5. The monoisotopic (exact) mass is 481 g/mol. The molecule has 3 heterocycles. The van der Waals surface area contributed by atoms with Gasteiger partial charge in [-0.05, 0) is 75.1 Å². The van der Waals surface area contributed by atoms with Gasteiger partial charge in [-0.1, -0.05) is 18.2 Å². The Morgan fingerprint density at radius 2 is 1.89 bits per heavy atom. The number of nitriles is 1. The molecular weight excluding hydrogens is 449 g/mol. The van der Waals surface area contributed by atoms with E-state index in [9.17, 15) is 9.65 Å². The molecule has 0 aliphatic carbocycles. The van der Waals surface area contributed by atoms with Crippen LogP contribution in [0, 0.1) is 31.0 Å². The van der Waals surface area contributed by atoms with Crippen LogP contribution in [0.25, 0.3) is 33.3 Å². The standard InChI is InChI=1S/C30H32FN5/c1-18(2)36-25(17-35-10-9-24(33)16-35)13-26-28(36)15-34-30(22-6-5-19(3)20(4)11-22)29(26)21-7-8-23(14-32)27(31)12-21/h5-8,11-13,15,18,24H,9-10,16-17,33H2,1-4H3/t24-/m0/s1. The number of pyridine rings is 1. The summed E-state index contributed by atoms with van der Waals surface area (Å²) in [7, 11) is 0. The van der Waals surface area contributed by atoms with Crippen molar-refractivity contribution in [3.05, 3.63) is 76.9 Å². The highest BCUT2D eigenvalue weighted by Crippen LogP contribution is 2.40. The molecule has 36 heavy (non-hydrogen) atoms. The van der Waals surface area contributed by atoms with Gasteiger partial charge in [-0.15, -0.1) is 0 Å². The van der Waals surface area contributed by atoms with E-state index in [2.05, 4.69) is 61.4 Å². The molecule has 2 aromatic carbocycles. The Morgan fingerprint density at radius 1 is 1.11 bits per heavy atom. The maximum Gasteiger partial charge on any atom is 0.141 e. The summed E-state index contributed by atoms with van der Waals surface area (Å²) in [4.78, 5) is 7.35. The van der Waals surface area contributed by atoms with Gasteiger partial charge in [-0.25, -0.2) is 4.39 Å². The summed E-state index contributed by atoms with van der Waals surface area (Å²) < 4.78 is 17.2. The fraction of sp³-hybridized carbons (Fsp3) is 0.333. The molecule has 0 spiro atoms. The largest absolute Gasteiger partial charge is 0.340 e. The number of likely N-dealkylation sites (tertiary alicyclic amines) is 1. The average Bonchev–Trinajstić information content (AvgIpc) is 3.42. The van der Waals surface area contributed by atoms with Crippen LogP contribution >= 0.6 is 0 Å². The van der Waals surface area contributed by atoms with Crippen LogP contribution in [-0.2, 0) is 6.54 Å². The molecular formula is C30H32FN5. The van der Waals surface area contributed by atoms with Crippen LogP contribution in [0.15, 0.2) is 48.7 Å². The first-order chi connectivity index (χ1) is 17.3. The van der Waals surface area contributed by atoms with Crippen LogP contribution in [0.5, 0.6) is 0 Å². The summed E-state index contributed by atoms with van der Waals surface area (Å²) >= 11 is 0. The quantitative estimate of drug-likeness (QED) is 0.373. The van der Waals surface area contributed by atoms with Crippen molar-refractivity contribution in [3.63, 3.8) is 0 Å². The first-order valence-electron chi connectivity index (χ1n) is 12.5. The molecule has 2 aromatic heterocycles. The minimum absolute atomic E-state index is 0.0393. The van der Waals surface area contributed by atoms with Crippen LogP contribution in [0.1, 0.15) is 48.7 Å². The van der Waals surface area contributed by atoms with Crippen molar-refractivity contribution < 1.29 is 4.39 Å². The van der Waals surface area contributed by atoms with Gasteiger partial charge >= 0.3 is 0 Å². The topological polar surface area (TPSA) is 70.9 Å². The van der Waals surface area contributed by atoms with E-state index < -0.39 is 5.82 Å². The molecule has 4 aromatic rings. The summed E-state index contributed by atoms with van der Waals surface area (Å²) in [6.07, 6.45) is 2.96. The fourth-order valence-electron chi connectivity index (χ4n) is 5.37. The predicted molar refractivity (Wildman–Crippen MR) is 143 cm³/mol. The van der Waals surface area contributed by atoms with Gasteiger partial charge in [-0.2, -0.15) is 5.26 Å². The van der Waals surface area contributed by atoms with Gasteiger partial charge in [0.15, 0.2) is 0 Å². The van der Waals surface area contributed by atoms with Gasteiger partial charge in [0.25, 0.3) is 0 Å². The van der Waals surface area contributed by atoms with Gasteiger partial charge in [0.05, 0.1) is 23.0 Å². The maximum atomic E-state index is 14.8. The number of aryl methyl sites for hydroxylation is 2. The normalized spacial score (nSPS) is 16.2. The molecule has 1 aliphatic rings. The van der Waals surface area contributed by atoms with Gasteiger partial charge in [0.2, 0.25) is 0 Å². The predicted octanol–water partition coefficient (Wildman–Crippen LogP) is 6.11. The van der Waals surface area contributed by atoms with Crippen molar-refractivity contribution in [3.8, 4) is 28.5 Å². The lowest BCUT2D eigenvalue weighted by molar-refractivity contribution is 0.315. The molecule has 0 amide bonds. The van der Waals surface area contributed by atoms with Crippen LogP contribution in [0.2, 0.25) is 0 Å². The van der Waals surface area contributed by atoms with Gasteiger partial charge < -0.3 is 10.3 Å². The zero-order chi connectivity index (χ0) is 25.6. The molecule has 0 radical (unpaired) electrons. The zero-order valence-corrected chi connectivity index (χ0v) is 21.3. The molecule has 1 fully saturated rings. The van der Waals surface area contributed by atoms with Gasteiger partial charge in [-0.3, -0.25) is 9.88 Å². The number of halogens is 1. The lowest BCUT2D eigenvalue weighted by atomic mass is 9.94. The second-order valence-electron chi connectivity index (χ2n) is 10.3. The summed E-state index contributed by atoms with van der Waals surface area (Å²) in [6.45, 7) is 11.2. The van der Waals surface area contributed by atoms with E-state index in [1.165, 1.54) is 22.9 Å². The Balaban J connectivity index is 1.77.